The van der Waals surface area contributed by atoms with Crippen molar-refractivity contribution in [2.45, 2.75) is 251 Å². The van der Waals surface area contributed by atoms with Crippen LogP contribution in [0.15, 0.2) is 34.9 Å². The molecule has 4 saturated carbocycles. The van der Waals surface area contributed by atoms with Crippen LogP contribution in [0.3, 0.4) is 0 Å². The van der Waals surface area contributed by atoms with Crippen molar-refractivity contribution in [2.24, 2.45) is 56.2 Å². The number of aliphatic hydroxyl groups excluding tert-OH is 11. The van der Waals surface area contributed by atoms with E-state index in [1.807, 2.05) is 34.6 Å². The molecule has 0 aromatic rings. The molecule has 25 heteroatoms. The van der Waals surface area contributed by atoms with Gasteiger partial charge in [-0.25, -0.2) is 14.4 Å². The molecule has 0 aromatic carbocycles. The summed E-state index contributed by atoms with van der Waals surface area (Å²) < 4.78 is 55.0. The van der Waals surface area contributed by atoms with Gasteiger partial charge in [0.25, 0.3) is 0 Å². The first-order chi connectivity index (χ1) is 40.5. The smallest absolute Gasteiger partial charge is 0.335 e. The summed E-state index contributed by atoms with van der Waals surface area (Å²) in [5.74, 6) is -6.10. The first-order valence-electron chi connectivity index (χ1n) is 30.6. The van der Waals surface area contributed by atoms with Gasteiger partial charge in [-0.15, -0.1) is 0 Å². The predicted molar refractivity (Wildman–Crippen MR) is 301 cm³/mol. The Morgan fingerprint density at radius 2 is 1.22 bits per heavy atom. The van der Waals surface area contributed by atoms with E-state index in [1.165, 1.54) is 6.92 Å². The topological polar surface area (TPSA) is 394 Å². The lowest BCUT2D eigenvalue weighted by atomic mass is 9.32. The molecule has 3 aliphatic heterocycles. The molecule has 0 radical (unpaired) electrons. The number of esters is 3. The number of hydrogen-bond donors (Lipinski definition) is 12. The van der Waals surface area contributed by atoms with Crippen molar-refractivity contribution in [1.29, 1.82) is 0 Å². The highest BCUT2D eigenvalue weighted by molar-refractivity contribution is 5.88. The van der Waals surface area contributed by atoms with E-state index in [-0.39, 0.29) is 30.3 Å². The number of allylic oxidation sites excluding steroid dienone is 3. The van der Waals surface area contributed by atoms with Crippen molar-refractivity contribution in [1.82, 2.24) is 0 Å². The van der Waals surface area contributed by atoms with Crippen LogP contribution in [0.25, 0.3) is 0 Å². The van der Waals surface area contributed by atoms with Crippen LogP contribution in [0.5, 0.6) is 0 Å². The lowest BCUT2D eigenvalue weighted by molar-refractivity contribution is -0.386. The SMILES string of the molecule is C/C=C(/C)C(=O)OC(C)C(C)C(=O)O[C@H]1[C@H](OC(=O)/C(C)=C\C)C(C)(C)CC2C3=CCC4[C@@]5(C)CC[C@H](O[C@@H]6OC(C(=O)O)[C@@H](O)[C@@H](O[C@@H]7O[C@@H](CO)[C@@H](O)C7O)C6O[C@@H]6OC(CO)[C@H](O)[C@@H](O)C6O)C(C)(C)C5CC[C@@]4(C)[C@]3(C)[C@@H](O)[C@@H](O)[C@]21CO. The zero-order valence-electron chi connectivity index (χ0n) is 52.1. The van der Waals surface area contributed by atoms with Crippen LogP contribution < -0.4 is 0 Å². The second-order valence-corrected chi connectivity index (χ2v) is 27.9. The van der Waals surface area contributed by atoms with Crippen LogP contribution in [-0.4, -0.2) is 228 Å². The number of aliphatic carboxylic acids is 1. The summed E-state index contributed by atoms with van der Waals surface area (Å²) in [5.41, 5.74) is -4.86. The molecule has 0 aromatic heterocycles. The molecule has 5 aliphatic carbocycles. The largest absolute Gasteiger partial charge is 0.479 e. The first-order valence-corrected chi connectivity index (χ1v) is 30.6. The Morgan fingerprint density at radius 3 is 1.78 bits per heavy atom. The van der Waals surface area contributed by atoms with Crippen LogP contribution in [-0.2, 0) is 61.8 Å². The highest BCUT2D eigenvalue weighted by Crippen LogP contribution is 2.76. The van der Waals surface area contributed by atoms with Crippen LogP contribution in [0, 0.1) is 56.2 Å². The molecule has 12 N–H and O–H groups in total. The number of hydrogen-bond acceptors (Lipinski definition) is 24. The van der Waals surface area contributed by atoms with Crippen LogP contribution in [0.2, 0.25) is 0 Å². The molecule has 3 heterocycles. The summed E-state index contributed by atoms with van der Waals surface area (Å²) in [6.45, 7) is 21.1. The molecule has 87 heavy (non-hydrogen) atoms. The fourth-order valence-electron chi connectivity index (χ4n) is 16.8. The Balaban J connectivity index is 1.14. The number of carbonyl (C=O) groups is 4. The van der Waals surface area contributed by atoms with Gasteiger partial charge in [-0.2, -0.15) is 0 Å². The summed E-state index contributed by atoms with van der Waals surface area (Å²) in [6, 6.07) is 0. The molecule has 7 fully saturated rings. The van der Waals surface area contributed by atoms with Gasteiger partial charge >= 0.3 is 23.9 Å². The lowest BCUT2D eigenvalue weighted by Crippen LogP contribution is -2.76. The minimum absolute atomic E-state index is 0.193. The average molecular weight is 1240 g/mol. The molecule has 25 nitrogen and oxygen atoms in total. The van der Waals surface area contributed by atoms with E-state index < -0.39 is 211 Å². The number of carboxylic acid groups (broad SMARTS) is 1. The Labute approximate surface area is 507 Å². The second kappa shape index (κ2) is 25.5. The molecule has 8 aliphatic rings. The van der Waals surface area contributed by atoms with Crippen molar-refractivity contribution in [3.8, 4) is 0 Å². The van der Waals surface area contributed by atoms with E-state index in [0.717, 1.165) is 5.57 Å². The quantitative estimate of drug-likeness (QED) is 0.0315. The fraction of sp³-hybridized carbons (Fsp3) is 0.839. The molecule has 8 rings (SSSR count). The third kappa shape index (κ3) is 11.4. The zero-order chi connectivity index (χ0) is 64.7. The highest BCUT2D eigenvalue weighted by Gasteiger charge is 2.76. The summed E-state index contributed by atoms with van der Waals surface area (Å²) in [5, 5.41) is 135. The van der Waals surface area contributed by atoms with E-state index in [1.54, 1.807) is 46.8 Å². The van der Waals surface area contributed by atoms with Gasteiger partial charge in [-0.3, -0.25) is 4.79 Å². The van der Waals surface area contributed by atoms with E-state index in [0.29, 0.717) is 31.3 Å². The maximum absolute atomic E-state index is 14.5. The Morgan fingerprint density at radius 1 is 0.655 bits per heavy atom. The Bertz CT molecular complexity index is 2620. The van der Waals surface area contributed by atoms with Gasteiger partial charge in [-0.05, 0) is 114 Å². The van der Waals surface area contributed by atoms with Gasteiger partial charge in [0.2, 0.25) is 0 Å². The van der Waals surface area contributed by atoms with Crippen molar-refractivity contribution in [3.05, 3.63) is 34.9 Å². The highest BCUT2D eigenvalue weighted by atomic mass is 16.8. The van der Waals surface area contributed by atoms with Gasteiger partial charge < -0.3 is 104 Å². The standard InChI is InChI=1S/C62H96O25/c1-14-26(3)51(76)79-29(6)28(5)53(78)87-49-48(86-52(77)27(4)15-2)57(7,8)22-31-30-16-17-35-59(11)20-19-36(58(9,10)34(59)18-21-60(35,12)61(30,13)46(72)47(73)62(31,49)25-65)82-56-45(85-55-41(70)39(68)37(66)32(23-63)80-55)43(42(71)44(84-56)50(74)75)83-54-40(69)38(67)33(24-64)81-54/h14-16,28-29,31-49,54-56,63-73H,17-25H2,1-13H3,(H,74,75)/b26-14-,27-15-/t28?,29?,31?,32?,33-,34?,35?,36-,37-,38+,39+,40?,41?,42-,43+,44?,45?,46-,47+,48-,49-,54-,55-,56+,59-,60+,61-,62-/m0/s1. The number of carbonyl (C=O) groups excluding carboxylic acids is 3. The maximum Gasteiger partial charge on any atom is 0.335 e. The first kappa shape index (κ1) is 69.3. The number of ether oxygens (including phenoxy) is 9. The predicted octanol–water partition coefficient (Wildman–Crippen LogP) is 0.831. The minimum atomic E-state index is -2.14. The summed E-state index contributed by atoms with van der Waals surface area (Å²) in [4.78, 5) is 54.1. The minimum Gasteiger partial charge on any atom is -0.479 e. The van der Waals surface area contributed by atoms with Crippen molar-refractivity contribution >= 4 is 23.9 Å². The molecular formula is C62H96O25. The van der Waals surface area contributed by atoms with Crippen LogP contribution >= 0.6 is 0 Å². The van der Waals surface area contributed by atoms with Gasteiger partial charge in [0.05, 0.1) is 49.5 Å². The molecule has 10 unspecified atom stereocenters. The Hall–Kier alpha value is -3.58. The summed E-state index contributed by atoms with van der Waals surface area (Å²) in [6.07, 6.45) is -25.9. The number of rotatable bonds is 17. The molecule has 0 spiro atoms. The van der Waals surface area contributed by atoms with Gasteiger partial charge in [0, 0.05) is 22.0 Å². The number of fused-ring (bicyclic) bond motifs is 7. The summed E-state index contributed by atoms with van der Waals surface area (Å²) >= 11 is 0. The average Bonchev–Trinajstić information content (AvgIpc) is 0.889. The zero-order valence-corrected chi connectivity index (χ0v) is 52.1. The van der Waals surface area contributed by atoms with Crippen LogP contribution in [0.4, 0.5) is 0 Å². The van der Waals surface area contributed by atoms with Crippen LogP contribution in [0.1, 0.15) is 129 Å². The second-order valence-electron chi connectivity index (χ2n) is 27.9. The van der Waals surface area contributed by atoms with Crippen molar-refractivity contribution < 1.29 is 123 Å². The van der Waals surface area contributed by atoms with Gasteiger partial charge in [0.15, 0.2) is 31.1 Å². The summed E-state index contributed by atoms with van der Waals surface area (Å²) in [7, 11) is 0. The van der Waals surface area contributed by atoms with E-state index in [4.69, 9.17) is 42.6 Å². The monoisotopic (exact) mass is 1240 g/mol. The van der Waals surface area contributed by atoms with Gasteiger partial charge in [-0.1, -0.05) is 72.3 Å². The van der Waals surface area contributed by atoms with E-state index >= 15 is 0 Å². The maximum atomic E-state index is 14.5. The Kier molecular flexibility index (Phi) is 20.3. The fourth-order valence-corrected chi connectivity index (χ4v) is 16.8. The number of carboxylic acids is 1. The lowest BCUT2D eigenvalue weighted by Gasteiger charge is -2.73. The van der Waals surface area contributed by atoms with Crippen molar-refractivity contribution in [3.63, 3.8) is 0 Å². The van der Waals surface area contributed by atoms with E-state index in [9.17, 15) is 80.5 Å². The van der Waals surface area contributed by atoms with Gasteiger partial charge in [0.1, 0.15) is 73.2 Å². The third-order valence-electron chi connectivity index (χ3n) is 22.7. The molecule has 494 valence electrons. The molecule has 0 bridgehead atoms. The molecule has 3 saturated heterocycles. The molecule has 28 atom stereocenters. The third-order valence-corrected chi connectivity index (χ3v) is 22.7. The van der Waals surface area contributed by atoms with E-state index in [2.05, 4.69) is 19.9 Å². The molecular weight excluding hydrogens is 1140 g/mol. The van der Waals surface area contributed by atoms with Crippen molar-refractivity contribution in [2.75, 3.05) is 19.8 Å². The number of aliphatic hydroxyl groups is 11. The molecule has 0 amide bonds. The normalized spacial score (nSPS) is 46.7.